The highest BCUT2D eigenvalue weighted by Gasteiger charge is 2.30. The molecular formula is C21H20BrN7O3S. The maximum absolute atomic E-state index is 13.0. The molecule has 0 spiro atoms. The van der Waals surface area contributed by atoms with Gasteiger partial charge in [-0.3, -0.25) is 0 Å². The fourth-order valence-electron chi connectivity index (χ4n) is 3.78. The summed E-state index contributed by atoms with van der Waals surface area (Å²) >= 11 is 3.34. The van der Waals surface area contributed by atoms with Gasteiger partial charge >= 0.3 is 0 Å². The van der Waals surface area contributed by atoms with Crippen molar-refractivity contribution in [2.75, 3.05) is 38.2 Å². The molecule has 0 radical (unpaired) electrons. The van der Waals surface area contributed by atoms with Crippen molar-refractivity contribution in [2.24, 2.45) is 0 Å². The Bertz CT molecular complexity index is 1400. The molecule has 2 aromatic carbocycles. The Morgan fingerprint density at radius 1 is 1.00 bits per heavy atom. The van der Waals surface area contributed by atoms with E-state index < -0.39 is 10.0 Å². The minimum Gasteiger partial charge on any atom is -0.497 e. The summed E-state index contributed by atoms with van der Waals surface area (Å²) in [7, 11) is -1.95. The van der Waals surface area contributed by atoms with Crippen LogP contribution in [0.1, 0.15) is 0 Å². The van der Waals surface area contributed by atoms with Gasteiger partial charge in [0, 0.05) is 36.7 Å². The summed E-state index contributed by atoms with van der Waals surface area (Å²) in [5.41, 5.74) is 1.90. The first-order valence-electron chi connectivity index (χ1n) is 10.2. The van der Waals surface area contributed by atoms with E-state index in [9.17, 15) is 8.42 Å². The van der Waals surface area contributed by atoms with Crippen molar-refractivity contribution in [3.8, 4) is 11.4 Å². The summed E-state index contributed by atoms with van der Waals surface area (Å²) in [6, 6.07) is 14.1. The van der Waals surface area contributed by atoms with E-state index in [1.54, 1.807) is 36.1 Å². The molecule has 170 valence electrons. The third-order valence-electron chi connectivity index (χ3n) is 5.51. The summed E-state index contributed by atoms with van der Waals surface area (Å²) in [5, 5.41) is 8.59. The number of hydrogen-bond donors (Lipinski definition) is 0. The van der Waals surface area contributed by atoms with Crippen LogP contribution >= 0.6 is 15.9 Å². The second kappa shape index (κ2) is 8.69. The number of anilines is 1. The molecule has 3 heterocycles. The lowest BCUT2D eigenvalue weighted by Crippen LogP contribution is -2.49. The van der Waals surface area contributed by atoms with Gasteiger partial charge in [0.15, 0.2) is 17.0 Å². The van der Waals surface area contributed by atoms with Crippen LogP contribution < -0.4 is 9.64 Å². The summed E-state index contributed by atoms with van der Waals surface area (Å²) in [4.78, 5) is 11.1. The Morgan fingerprint density at radius 2 is 1.76 bits per heavy atom. The maximum Gasteiger partial charge on any atom is 0.243 e. The molecule has 5 rings (SSSR count). The third-order valence-corrected chi connectivity index (χ3v) is 7.95. The van der Waals surface area contributed by atoms with Crippen LogP contribution in [-0.4, -0.2) is 71.0 Å². The predicted molar refractivity (Wildman–Crippen MR) is 126 cm³/mol. The molecule has 0 amide bonds. The predicted octanol–water partition coefficient (Wildman–Crippen LogP) is 2.49. The molecule has 0 aliphatic carbocycles. The molecule has 10 nitrogen and oxygen atoms in total. The third kappa shape index (κ3) is 4.05. The lowest BCUT2D eigenvalue weighted by atomic mass is 10.3. The van der Waals surface area contributed by atoms with Crippen LogP contribution in [0.5, 0.6) is 5.75 Å². The fourth-order valence-corrected chi connectivity index (χ4v) is 5.47. The SMILES string of the molecule is COc1cccc(-n2nnc3c(N4CCN(S(=O)(=O)c5ccc(Br)cc5)CC4)ncnc32)c1. The van der Waals surface area contributed by atoms with E-state index >= 15 is 0 Å². The van der Waals surface area contributed by atoms with E-state index in [2.05, 4.69) is 36.2 Å². The average molecular weight is 530 g/mol. The Labute approximate surface area is 199 Å². The topological polar surface area (TPSA) is 106 Å². The second-order valence-corrected chi connectivity index (χ2v) is 10.3. The van der Waals surface area contributed by atoms with Gasteiger partial charge in [0.05, 0.1) is 17.7 Å². The van der Waals surface area contributed by atoms with Crippen molar-refractivity contribution in [1.82, 2.24) is 29.3 Å². The molecule has 0 bridgehead atoms. The van der Waals surface area contributed by atoms with Crippen LogP contribution in [0.15, 0.2) is 64.2 Å². The molecule has 0 N–H and O–H groups in total. The van der Waals surface area contributed by atoms with Gasteiger partial charge in [-0.05, 0) is 36.4 Å². The molecule has 33 heavy (non-hydrogen) atoms. The number of fused-ring (bicyclic) bond motifs is 1. The van der Waals surface area contributed by atoms with Gasteiger partial charge in [0.25, 0.3) is 0 Å². The summed E-state index contributed by atoms with van der Waals surface area (Å²) in [6.45, 7) is 1.64. The van der Waals surface area contributed by atoms with E-state index in [1.807, 2.05) is 29.2 Å². The number of benzene rings is 2. The lowest BCUT2D eigenvalue weighted by molar-refractivity contribution is 0.384. The Kier molecular flexibility index (Phi) is 5.72. The second-order valence-electron chi connectivity index (χ2n) is 7.42. The lowest BCUT2D eigenvalue weighted by Gasteiger charge is -2.34. The van der Waals surface area contributed by atoms with Crippen molar-refractivity contribution >= 4 is 42.9 Å². The maximum atomic E-state index is 13.0. The number of ether oxygens (including phenoxy) is 1. The smallest absolute Gasteiger partial charge is 0.243 e. The van der Waals surface area contributed by atoms with Gasteiger partial charge in [-0.1, -0.05) is 27.2 Å². The van der Waals surface area contributed by atoms with Gasteiger partial charge < -0.3 is 9.64 Å². The van der Waals surface area contributed by atoms with E-state index in [1.165, 1.54) is 10.6 Å². The van der Waals surface area contributed by atoms with Gasteiger partial charge in [-0.2, -0.15) is 8.99 Å². The monoisotopic (exact) mass is 529 g/mol. The quantitative estimate of drug-likeness (QED) is 0.388. The molecule has 12 heteroatoms. The van der Waals surface area contributed by atoms with Crippen LogP contribution in [0.2, 0.25) is 0 Å². The molecule has 2 aromatic heterocycles. The number of aromatic nitrogens is 5. The molecule has 1 aliphatic rings. The number of hydrogen-bond acceptors (Lipinski definition) is 8. The summed E-state index contributed by atoms with van der Waals surface area (Å²) in [6.07, 6.45) is 1.47. The van der Waals surface area contributed by atoms with Gasteiger partial charge in [0.2, 0.25) is 10.0 Å². The van der Waals surface area contributed by atoms with Crippen molar-refractivity contribution in [3.63, 3.8) is 0 Å². The zero-order valence-corrected chi connectivity index (χ0v) is 20.1. The van der Waals surface area contributed by atoms with E-state index in [-0.39, 0.29) is 4.90 Å². The molecule has 0 saturated carbocycles. The van der Waals surface area contributed by atoms with Crippen LogP contribution in [0.3, 0.4) is 0 Å². The van der Waals surface area contributed by atoms with Crippen LogP contribution in [-0.2, 0) is 10.0 Å². The van der Waals surface area contributed by atoms with Crippen molar-refractivity contribution in [2.45, 2.75) is 4.90 Å². The highest BCUT2D eigenvalue weighted by atomic mass is 79.9. The van der Waals surface area contributed by atoms with Gasteiger partial charge in [0.1, 0.15) is 12.1 Å². The Hall–Kier alpha value is -3.09. The average Bonchev–Trinajstić information content (AvgIpc) is 3.29. The number of piperazine rings is 1. The summed E-state index contributed by atoms with van der Waals surface area (Å²) in [5.74, 6) is 1.34. The first kappa shape index (κ1) is 21.7. The van der Waals surface area contributed by atoms with E-state index in [4.69, 9.17) is 4.74 Å². The highest BCUT2D eigenvalue weighted by Crippen LogP contribution is 2.26. The zero-order valence-electron chi connectivity index (χ0n) is 17.7. The Balaban J connectivity index is 1.39. The molecule has 1 aliphatic heterocycles. The van der Waals surface area contributed by atoms with Crippen molar-refractivity contribution in [3.05, 3.63) is 59.3 Å². The standard InChI is InChI=1S/C21H20BrN7O3S/c1-32-17-4-2-3-16(13-17)29-21-19(25-26-29)20(23-14-24-21)27-9-11-28(12-10-27)33(30,31)18-7-5-15(22)6-8-18/h2-8,13-14H,9-12H2,1H3. The fraction of sp³-hybridized carbons (Fsp3) is 0.238. The number of nitrogens with zero attached hydrogens (tertiary/aromatic N) is 7. The van der Waals surface area contributed by atoms with Crippen LogP contribution in [0, 0.1) is 0 Å². The molecule has 0 atom stereocenters. The molecule has 0 unspecified atom stereocenters. The largest absolute Gasteiger partial charge is 0.497 e. The first-order valence-corrected chi connectivity index (χ1v) is 12.4. The highest BCUT2D eigenvalue weighted by molar-refractivity contribution is 9.10. The summed E-state index contributed by atoms with van der Waals surface area (Å²) < 4.78 is 35.3. The normalized spacial score (nSPS) is 15.2. The number of halogens is 1. The zero-order chi connectivity index (χ0) is 23.0. The number of rotatable bonds is 5. The number of sulfonamides is 1. The molecule has 1 saturated heterocycles. The van der Waals surface area contributed by atoms with Gasteiger partial charge in [-0.25, -0.2) is 18.4 Å². The van der Waals surface area contributed by atoms with E-state index in [0.29, 0.717) is 48.9 Å². The number of methoxy groups -OCH3 is 1. The Morgan fingerprint density at radius 3 is 2.48 bits per heavy atom. The molecular weight excluding hydrogens is 510 g/mol. The first-order chi connectivity index (χ1) is 16.0. The van der Waals surface area contributed by atoms with Crippen molar-refractivity contribution in [1.29, 1.82) is 0 Å². The minimum atomic E-state index is -3.56. The molecule has 4 aromatic rings. The van der Waals surface area contributed by atoms with Crippen LogP contribution in [0.25, 0.3) is 16.9 Å². The van der Waals surface area contributed by atoms with Crippen LogP contribution in [0.4, 0.5) is 5.82 Å². The van der Waals surface area contributed by atoms with Crippen molar-refractivity contribution < 1.29 is 13.2 Å². The van der Waals surface area contributed by atoms with Gasteiger partial charge in [-0.15, -0.1) is 5.10 Å². The molecule has 1 fully saturated rings. The minimum absolute atomic E-state index is 0.282. The van der Waals surface area contributed by atoms with E-state index in [0.717, 1.165) is 10.2 Å².